The van der Waals surface area contributed by atoms with Crippen molar-refractivity contribution in [3.05, 3.63) is 45.0 Å². The average Bonchev–Trinajstić information content (AvgIpc) is 2.27. The first kappa shape index (κ1) is 11.5. The van der Waals surface area contributed by atoms with Gasteiger partial charge in [0.05, 0.1) is 10.7 Å². The summed E-state index contributed by atoms with van der Waals surface area (Å²) in [5.74, 6) is 0.0188. The van der Waals surface area contributed by atoms with Gasteiger partial charge in [-0.25, -0.2) is 14.4 Å². The number of benzene rings is 1. The average molecular weight is 350 g/mol. The van der Waals surface area contributed by atoms with Gasteiger partial charge in [0.25, 0.3) is 0 Å². The molecular formula is C10H6ClFIN3. The number of rotatable bonds is 2. The highest BCUT2D eigenvalue weighted by molar-refractivity contribution is 14.1. The summed E-state index contributed by atoms with van der Waals surface area (Å²) in [6.07, 6.45) is 3.31. The number of aromatic nitrogens is 2. The molecule has 2 rings (SSSR count). The summed E-state index contributed by atoms with van der Waals surface area (Å²) in [7, 11) is 0. The molecule has 0 aliphatic heterocycles. The maximum absolute atomic E-state index is 13.0. The molecule has 0 saturated carbocycles. The van der Waals surface area contributed by atoms with E-state index in [0.29, 0.717) is 16.7 Å². The number of nitrogens with one attached hydrogen (secondary N) is 1. The molecule has 0 aliphatic carbocycles. The van der Waals surface area contributed by atoms with Crippen LogP contribution in [0.2, 0.25) is 5.02 Å². The van der Waals surface area contributed by atoms with Crippen LogP contribution in [-0.4, -0.2) is 9.97 Å². The zero-order chi connectivity index (χ0) is 11.5. The lowest BCUT2D eigenvalue weighted by Gasteiger charge is -2.06. The van der Waals surface area contributed by atoms with Crippen LogP contribution in [0.15, 0.2) is 30.6 Å². The highest BCUT2D eigenvalue weighted by atomic mass is 127. The Bertz CT molecular complexity index is 504. The Hall–Kier alpha value is -0.950. The second kappa shape index (κ2) is 4.92. The minimum Gasteiger partial charge on any atom is -0.323 e. The molecule has 0 aliphatic rings. The molecular weight excluding hydrogens is 343 g/mol. The Morgan fingerprint density at radius 2 is 1.94 bits per heavy atom. The molecule has 0 radical (unpaired) electrons. The van der Waals surface area contributed by atoms with Crippen LogP contribution in [0.4, 0.5) is 16.0 Å². The fourth-order valence-electron chi connectivity index (χ4n) is 1.09. The predicted molar refractivity (Wildman–Crippen MR) is 69.4 cm³/mol. The van der Waals surface area contributed by atoms with E-state index in [1.165, 1.54) is 18.2 Å². The van der Waals surface area contributed by atoms with Crippen molar-refractivity contribution < 1.29 is 4.39 Å². The van der Waals surface area contributed by atoms with Crippen LogP contribution >= 0.6 is 34.2 Å². The van der Waals surface area contributed by atoms with E-state index in [1.54, 1.807) is 12.4 Å². The van der Waals surface area contributed by atoms with Crippen LogP contribution in [0.3, 0.4) is 0 Å². The quantitative estimate of drug-likeness (QED) is 0.842. The summed E-state index contributed by atoms with van der Waals surface area (Å²) >= 11 is 7.99. The minimum absolute atomic E-state index is 0.364. The second-order valence-electron chi connectivity index (χ2n) is 2.97. The lowest BCUT2D eigenvalue weighted by Crippen LogP contribution is -1.97. The third-order valence-corrected chi connectivity index (χ3v) is 2.68. The van der Waals surface area contributed by atoms with Crippen LogP contribution < -0.4 is 5.32 Å². The summed E-state index contributed by atoms with van der Waals surface area (Å²) in [5, 5.41) is 3.26. The van der Waals surface area contributed by atoms with Gasteiger partial charge in [0.15, 0.2) is 0 Å². The lowest BCUT2D eigenvalue weighted by atomic mass is 10.3. The summed E-state index contributed by atoms with van der Waals surface area (Å²) in [5.41, 5.74) is 0.447. The molecule has 0 atom stereocenters. The first-order valence-corrected chi connectivity index (χ1v) is 5.80. The molecule has 0 amide bonds. The Labute approximate surface area is 110 Å². The first-order chi connectivity index (χ1) is 7.65. The summed E-state index contributed by atoms with van der Waals surface area (Å²) in [6, 6.07) is 4.07. The van der Waals surface area contributed by atoms with Crippen molar-refractivity contribution in [1.29, 1.82) is 0 Å². The monoisotopic (exact) mass is 349 g/mol. The van der Waals surface area contributed by atoms with E-state index in [9.17, 15) is 4.39 Å². The standard InChI is InChI=1S/C10H6ClFIN3/c11-8-2-1-6(12)3-9(8)16-10-14-4-7(13)5-15-10/h1-5H,(H,14,15,16). The molecule has 0 fully saturated rings. The minimum atomic E-state index is -0.364. The predicted octanol–water partition coefficient (Wildman–Crippen LogP) is 3.62. The largest absolute Gasteiger partial charge is 0.323 e. The molecule has 1 heterocycles. The molecule has 16 heavy (non-hydrogen) atoms. The van der Waals surface area contributed by atoms with E-state index in [2.05, 4.69) is 37.9 Å². The van der Waals surface area contributed by atoms with Crippen molar-refractivity contribution >= 4 is 45.8 Å². The van der Waals surface area contributed by atoms with Crippen LogP contribution in [0.1, 0.15) is 0 Å². The van der Waals surface area contributed by atoms with E-state index in [0.717, 1.165) is 3.57 Å². The van der Waals surface area contributed by atoms with Gasteiger partial charge in [0, 0.05) is 16.0 Å². The molecule has 0 bridgehead atoms. The van der Waals surface area contributed by atoms with Crippen LogP contribution in [-0.2, 0) is 0 Å². The van der Waals surface area contributed by atoms with E-state index in [-0.39, 0.29) is 5.82 Å². The topological polar surface area (TPSA) is 37.8 Å². The molecule has 2 aromatic rings. The van der Waals surface area contributed by atoms with Gasteiger partial charge in [0.1, 0.15) is 5.82 Å². The molecule has 1 aromatic heterocycles. The Balaban J connectivity index is 2.26. The molecule has 1 N–H and O–H groups in total. The van der Waals surface area contributed by atoms with Gasteiger partial charge >= 0.3 is 0 Å². The number of hydrogen-bond donors (Lipinski definition) is 1. The van der Waals surface area contributed by atoms with Gasteiger partial charge in [-0.1, -0.05) is 11.6 Å². The lowest BCUT2D eigenvalue weighted by molar-refractivity contribution is 0.628. The molecule has 82 valence electrons. The van der Waals surface area contributed by atoms with Crippen LogP contribution in [0.5, 0.6) is 0 Å². The fraction of sp³-hybridized carbons (Fsp3) is 0. The van der Waals surface area contributed by atoms with Gasteiger partial charge < -0.3 is 5.32 Å². The van der Waals surface area contributed by atoms with Gasteiger partial charge in [-0.2, -0.15) is 0 Å². The van der Waals surface area contributed by atoms with Crippen molar-refractivity contribution in [3.63, 3.8) is 0 Å². The highest BCUT2D eigenvalue weighted by Gasteiger charge is 2.03. The first-order valence-electron chi connectivity index (χ1n) is 4.35. The van der Waals surface area contributed by atoms with E-state index in [1.807, 2.05) is 0 Å². The van der Waals surface area contributed by atoms with Gasteiger partial charge in [0.2, 0.25) is 5.95 Å². The Morgan fingerprint density at radius 3 is 2.62 bits per heavy atom. The van der Waals surface area contributed by atoms with Crippen molar-refractivity contribution in [2.75, 3.05) is 5.32 Å². The number of nitrogens with zero attached hydrogens (tertiary/aromatic N) is 2. The smallest absolute Gasteiger partial charge is 0.227 e. The van der Waals surface area contributed by atoms with Gasteiger partial charge in [-0.3, -0.25) is 0 Å². The maximum atomic E-state index is 13.0. The third kappa shape index (κ3) is 2.79. The van der Waals surface area contributed by atoms with Crippen molar-refractivity contribution in [1.82, 2.24) is 9.97 Å². The van der Waals surface area contributed by atoms with Gasteiger partial charge in [-0.05, 0) is 40.8 Å². The van der Waals surface area contributed by atoms with E-state index >= 15 is 0 Å². The zero-order valence-corrected chi connectivity index (χ0v) is 10.8. The molecule has 1 aromatic carbocycles. The summed E-state index contributed by atoms with van der Waals surface area (Å²) in [4.78, 5) is 8.07. The van der Waals surface area contributed by atoms with Crippen molar-refractivity contribution in [2.24, 2.45) is 0 Å². The molecule has 6 heteroatoms. The molecule has 0 saturated heterocycles. The van der Waals surface area contributed by atoms with Gasteiger partial charge in [-0.15, -0.1) is 0 Å². The number of hydrogen-bond acceptors (Lipinski definition) is 3. The van der Waals surface area contributed by atoms with E-state index < -0.39 is 0 Å². The third-order valence-electron chi connectivity index (χ3n) is 1.80. The normalized spacial score (nSPS) is 10.2. The Kier molecular flexibility index (Phi) is 3.55. The van der Waals surface area contributed by atoms with E-state index in [4.69, 9.17) is 11.6 Å². The fourth-order valence-corrected chi connectivity index (χ4v) is 1.53. The second-order valence-corrected chi connectivity index (χ2v) is 4.63. The highest BCUT2D eigenvalue weighted by Crippen LogP contribution is 2.24. The molecule has 0 spiro atoms. The van der Waals surface area contributed by atoms with Crippen molar-refractivity contribution in [3.8, 4) is 0 Å². The molecule has 0 unspecified atom stereocenters. The molecule has 3 nitrogen and oxygen atoms in total. The van der Waals surface area contributed by atoms with Crippen LogP contribution in [0.25, 0.3) is 0 Å². The zero-order valence-electron chi connectivity index (χ0n) is 7.92. The van der Waals surface area contributed by atoms with Crippen LogP contribution in [0, 0.1) is 9.39 Å². The summed E-state index contributed by atoms with van der Waals surface area (Å²) in [6.45, 7) is 0. The number of anilines is 2. The maximum Gasteiger partial charge on any atom is 0.227 e. The number of halogens is 3. The Morgan fingerprint density at radius 1 is 1.25 bits per heavy atom. The SMILES string of the molecule is Fc1ccc(Cl)c(Nc2ncc(I)cn2)c1. The summed E-state index contributed by atoms with van der Waals surface area (Å²) < 4.78 is 13.9. The van der Waals surface area contributed by atoms with Crippen molar-refractivity contribution in [2.45, 2.75) is 0 Å².